The summed E-state index contributed by atoms with van der Waals surface area (Å²) in [6, 6.07) is 6.61. The molecule has 1 aromatic carbocycles. The Labute approximate surface area is 149 Å². The van der Waals surface area contributed by atoms with Gasteiger partial charge in [-0.15, -0.1) is 12.4 Å². The first kappa shape index (κ1) is 18.9. The van der Waals surface area contributed by atoms with E-state index in [4.69, 9.17) is 0 Å². The Bertz CT molecular complexity index is 606. The molecule has 1 saturated heterocycles. The molecule has 1 N–H and O–H groups in total. The number of halogens is 2. The standard InChI is InChI=1S/C18H25FN4.ClH/c1-20-10-15-6-8-22(9-7-15)12-17-11-21-23(14-17)13-16-2-4-18(19)5-3-16;/h2-5,11,14-15,20H,6-10,12-13H2,1H3;1H. The molecule has 1 aliphatic heterocycles. The average molecular weight is 353 g/mol. The van der Waals surface area contributed by atoms with Gasteiger partial charge in [0.15, 0.2) is 0 Å². The lowest BCUT2D eigenvalue weighted by molar-refractivity contribution is 0.177. The van der Waals surface area contributed by atoms with Gasteiger partial charge in [-0.25, -0.2) is 4.39 Å². The predicted molar refractivity (Wildman–Crippen MR) is 96.9 cm³/mol. The van der Waals surface area contributed by atoms with Crippen LogP contribution in [-0.2, 0) is 13.1 Å². The first-order valence-electron chi connectivity index (χ1n) is 8.35. The zero-order valence-corrected chi connectivity index (χ0v) is 14.9. The van der Waals surface area contributed by atoms with Crippen molar-refractivity contribution in [2.45, 2.75) is 25.9 Å². The van der Waals surface area contributed by atoms with E-state index in [0.29, 0.717) is 6.54 Å². The first-order valence-corrected chi connectivity index (χ1v) is 8.35. The second-order valence-electron chi connectivity index (χ2n) is 6.45. The van der Waals surface area contributed by atoms with Crippen LogP contribution in [0.5, 0.6) is 0 Å². The van der Waals surface area contributed by atoms with Crippen LogP contribution in [-0.4, -0.2) is 41.4 Å². The number of hydrogen-bond donors (Lipinski definition) is 1. The normalized spacial score (nSPS) is 16.1. The summed E-state index contributed by atoms with van der Waals surface area (Å²) in [6.45, 7) is 5.11. The molecule has 0 saturated carbocycles. The van der Waals surface area contributed by atoms with Crippen molar-refractivity contribution in [3.8, 4) is 0 Å². The van der Waals surface area contributed by atoms with Crippen molar-refractivity contribution in [2.24, 2.45) is 5.92 Å². The van der Waals surface area contributed by atoms with Gasteiger partial charge < -0.3 is 5.32 Å². The Hall–Kier alpha value is -1.43. The second-order valence-corrected chi connectivity index (χ2v) is 6.45. The molecule has 6 heteroatoms. The molecule has 0 aliphatic carbocycles. The lowest BCUT2D eigenvalue weighted by Gasteiger charge is -2.31. The maximum Gasteiger partial charge on any atom is 0.123 e. The summed E-state index contributed by atoms with van der Waals surface area (Å²) in [6.07, 6.45) is 6.58. The number of rotatable bonds is 6. The van der Waals surface area contributed by atoms with Crippen LogP contribution in [0.15, 0.2) is 36.7 Å². The molecular formula is C18H26ClFN4. The second kappa shape index (κ2) is 9.16. The summed E-state index contributed by atoms with van der Waals surface area (Å²) in [7, 11) is 2.03. The molecule has 0 unspecified atom stereocenters. The van der Waals surface area contributed by atoms with E-state index in [9.17, 15) is 4.39 Å². The van der Waals surface area contributed by atoms with Crippen molar-refractivity contribution in [2.75, 3.05) is 26.7 Å². The van der Waals surface area contributed by atoms with Crippen LogP contribution >= 0.6 is 12.4 Å². The van der Waals surface area contributed by atoms with Gasteiger partial charge in [0.2, 0.25) is 0 Å². The van der Waals surface area contributed by atoms with Crippen LogP contribution in [0.4, 0.5) is 4.39 Å². The number of nitrogens with zero attached hydrogens (tertiary/aromatic N) is 3. The molecule has 4 nitrogen and oxygen atoms in total. The number of hydrogen-bond acceptors (Lipinski definition) is 3. The van der Waals surface area contributed by atoms with Crippen molar-refractivity contribution in [3.63, 3.8) is 0 Å². The van der Waals surface area contributed by atoms with E-state index >= 15 is 0 Å². The molecule has 132 valence electrons. The third kappa shape index (κ3) is 5.30. The van der Waals surface area contributed by atoms with E-state index in [1.165, 1.54) is 30.5 Å². The summed E-state index contributed by atoms with van der Waals surface area (Å²) in [5.74, 6) is 0.619. The van der Waals surface area contributed by atoms with Gasteiger partial charge >= 0.3 is 0 Å². The average Bonchev–Trinajstić information content (AvgIpc) is 2.99. The Balaban J connectivity index is 0.00000208. The van der Waals surface area contributed by atoms with Gasteiger partial charge in [-0.2, -0.15) is 5.10 Å². The molecule has 0 bridgehead atoms. The summed E-state index contributed by atoms with van der Waals surface area (Å²) in [4.78, 5) is 2.51. The van der Waals surface area contributed by atoms with Gasteiger partial charge in [0, 0.05) is 18.3 Å². The summed E-state index contributed by atoms with van der Waals surface area (Å²) in [5, 5.41) is 7.71. The minimum Gasteiger partial charge on any atom is -0.319 e. The molecule has 0 spiro atoms. The van der Waals surface area contributed by atoms with Crippen LogP contribution in [0.25, 0.3) is 0 Å². The molecular weight excluding hydrogens is 327 g/mol. The minimum absolute atomic E-state index is 0. The highest BCUT2D eigenvalue weighted by Crippen LogP contribution is 2.18. The molecule has 1 aromatic heterocycles. The third-order valence-corrected chi connectivity index (χ3v) is 4.55. The Kier molecular flexibility index (Phi) is 7.21. The summed E-state index contributed by atoms with van der Waals surface area (Å²) >= 11 is 0. The van der Waals surface area contributed by atoms with Crippen LogP contribution < -0.4 is 5.32 Å². The fraction of sp³-hybridized carbons (Fsp3) is 0.500. The summed E-state index contributed by atoms with van der Waals surface area (Å²) < 4.78 is 14.9. The quantitative estimate of drug-likeness (QED) is 0.867. The van der Waals surface area contributed by atoms with E-state index in [2.05, 4.69) is 21.5 Å². The summed E-state index contributed by atoms with van der Waals surface area (Å²) in [5.41, 5.74) is 2.31. The Morgan fingerprint density at radius 1 is 1.12 bits per heavy atom. The fourth-order valence-electron chi connectivity index (χ4n) is 3.25. The van der Waals surface area contributed by atoms with Gasteiger partial charge in [-0.1, -0.05) is 12.1 Å². The maximum atomic E-state index is 12.9. The Morgan fingerprint density at radius 3 is 2.50 bits per heavy atom. The van der Waals surface area contributed by atoms with Gasteiger partial charge in [0.1, 0.15) is 5.82 Å². The zero-order chi connectivity index (χ0) is 16.1. The van der Waals surface area contributed by atoms with E-state index in [1.54, 1.807) is 0 Å². The zero-order valence-electron chi connectivity index (χ0n) is 14.1. The molecule has 3 rings (SSSR count). The Morgan fingerprint density at radius 2 is 1.83 bits per heavy atom. The van der Waals surface area contributed by atoms with Gasteiger partial charge in [-0.3, -0.25) is 9.58 Å². The molecule has 2 heterocycles. The van der Waals surface area contributed by atoms with Crippen LogP contribution in [0.1, 0.15) is 24.0 Å². The molecule has 0 radical (unpaired) electrons. The molecule has 0 atom stereocenters. The molecule has 1 fully saturated rings. The van der Waals surface area contributed by atoms with Crippen molar-refractivity contribution in [3.05, 3.63) is 53.6 Å². The lowest BCUT2D eigenvalue weighted by atomic mass is 9.97. The highest BCUT2D eigenvalue weighted by atomic mass is 35.5. The van der Waals surface area contributed by atoms with E-state index in [0.717, 1.165) is 37.7 Å². The molecule has 0 amide bonds. The van der Waals surface area contributed by atoms with Crippen molar-refractivity contribution < 1.29 is 4.39 Å². The third-order valence-electron chi connectivity index (χ3n) is 4.55. The van der Waals surface area contributed by atoms with E-state index < -0.39 is 0 Å². The largest absolute Gasteiger partial charge is 0.319 e. The molecule has 2 aromatic rings. The number of nitrogens with one attached hydrogen (secondary N) is 1. The van der Waals surface area contributed by atoms with Crippen LogP contribution in [0.3, 0.4) is 0 Å². The number of piperidine rings is 1. The topological polar surface area (TPSA) is 33.1 Å². The van der Waals surface area contributed by atoms with E-state index in [1.807, 2.05) is 30.1 Å². The van der Waals surface area contributed by atoms with Gasteiger partial charge in [-0.05, 0) is 63.1 Å². The van der Waals surface area contributed by atoms with Gasteiger partial charge in [0.25, 0.3) is 0 Å². The minimum atomic E-state index is -0.198. The first-order chi connectivity index (χ1) is 11.2. The highest BCUT2D eigenvalue weighted by Gasteiger charge is 2.18. The number of likely N-dealkylation sites (tertiary alicyclic amines) is 1. The molecule has 24 heavy (non-hydrogen) atoms. The van der Waals surface area contributed by atoms with Crippen LogP contribution in [0.2, 0.25) is 0 Å². The van der Waals surface area contributed by atoms with Crippen molar-refractivity contribution in [1.29, 1.82) is 0 Å². The fourth-order valence-corrected chi connectivity index (χ4v) is 3.25. The monoisotopic (exact) mass is 352 g/mol. The SMILES string of the molecule is CNCC1CCN(Cc2cnn(Cc3ccc(F)cc3)c2)CC1.Cl. The number of benzene rings is 1. The highest BCUT2D eigenvalue weighted by molar-refractivity contribution is 5.85. The van der Waals surface area contributed by atoms with Crippen molar-refractivity contribution >= 4 is 12.4 Å². The smallest absolute Gasteiger partial charge is 0.123 e. The van der Waals surface area contributed by atoms with Gasteiger partial charge in [0.05, 0.1) is 12.7 Å². The lowest BCUT2D eigenvalue weighted by Crippen LogP contribution is -2.36. The maximum absolute atomic E-state index is 12.9. The molecule has 1 aliphatic rings. The van der Waals surface area contributed by atoms with E-state index in [-0.39, 0.29) is 18.2 Å². The van der Waals surface area contributed by atoms with Crippen LogP contribution in [0, 0.1) is 11.7 Å². The number of aromatic nitrogens is 2. The predicted octanol–water partition coefficient (Wildman–Crippen LogP) is 2.92. The van der Waals surface area contributed by atoms with Crippen molar-refractivity contribution in [1.82, 2.24) is 20.0 Å².